The highest BCUT2D eigenvalue weighted by Gasteiger charge is 2.50. The molecule has 0 aromatic heterocycles. The van der Waals surface area contributed by atoms with E-state index in [0.717, 1.165) is 6.42 Å². The van der Waals surface area contributed by atoms with Gasteiger partial charge in [0, 0.05) is 28.0 Å². The minimum atomic E-state index is -0.582. The van der Waals surface area contributed by atoms with Crippen molar-refractivity contribution in [2.24, 2.45) is 5.92 Å². The summed E-state index contributed by atoms with van der Waals surface area (Å²) in [5, 5.41) is 0. The van der Waals surface area contributed by atoms with Gasteiger partial charge >= 0.3 is 0 Å². The molecule has 0 fully saturated rings. The summed E-state index contributed by atoms with van der Waals surface area (Å²) in [7, 11) is 0. The number of hydrogen-bond acceptors (Lipinski definition) is 1. The van der Waals surface area contributed by atoms with Crippen molar-refractivity contribution in [1.82, 2.24) is 0 Å². The van der Waals surface area contributed by atoms with Crippen LogP contribution in [0.4, 0.5) is 11.4 Å². The first-order valence-corrected chi connectivity index (χ1v) is 21.6. The number of hydrogen-bond donors (Lipinski definition) is 0. The summed E-state index contributed by atoms with van der Waals surface area (Å²) in [6, 6.07) is 64.4. The highest BCUT2D eigenvalue weighted by molar-refractivity contribution is 5.99. The van der Waals surface area contributed by atoms with Crippen LogP contribution in [-0.4, -0.2) is 0 Å². The van der Waals surface area contributed by atoms with E-state index in [1.54, 1.807) is 0 Å². The molecule has 7 aromatic carbocycles. The molecule has 0 aliphatic heterocycles. The topological polar surface area (TPSA) is 3.24 Å². The molecule has 1 atom stereocenters. The van der Waals surface area contributed by atoms with Gasteiger partial charge in [-0.3, -0.25) is 0 Å². The van der Waals surface area contributed by atoms with Crippen LogP contribution in [0.2, 0.25) is 0 Å². The fourth-order valence-corrected chi connectivity index (χ4v) is 12.0. The van der Waals surface area contributed by atoms with Gasteiger partial charge in [0.15, 0.2) is 0 Å². The minimum Gasteiger partial charge on any atom is -0.309 e. The van der Waals surface area contributed by atoms with Crippen LogP contribution in [0, 0.1) is 5.92 Å². The summed E-state index contributed by atoms with van der Waals surface area (Å²) >= 11 is 0. The fourth-order valence-electron chi connectivity index (χ4n) is 12.0. The van der Waals surface area contributed by atoms with Gasteiger partial charge in [-0.2, -0.15) is 0 Å². The van der Waals surface area contributed by atoms with E-state index in [1.165, 1.54) is 101 Å². The van der Waals surface area contributed by atoms with Crippen molar-refractivity contribution in [1.29, 1.82) is 0 Å². The van der Waals surface area contributed by atoms with Crippen LogP contribution in [0.3, 0.4) is 0 Å². The van der Waals surface area contributed by atoms with E-state index in [0.29, 0.717) is 0 Å². The van der Waals surface area contributed by atoms with Crippen molar-refractivity contribution in [3.8, 4) is 22.3 Å². The van der Waals surface area contributed by atoms with Crippen molar-refractivity contribution in [3.05, 3.63) is 256 Å². The van der Waals surface area contributed by atoms with Crippen LogP contribution in [0.25, 0.3) is 27.8 Å². The van der Waals surface area contributed by atoms with Crippen molar-refractivity contribution in [2.75, 3.05) is 4.90 Å². The summed E-state index contributed by atoms with van der Waals surface area (Å²) < 4.78 is 0. The first-order chi connectivity index (χ1) is 29.3. The standard InChI is InChI=1S/C59H47N/c1-57(2)47-28-14-10-24-42(47)45-35-34-40(37-52(45)57)60(56-41-23-9-8-20-38(41)36-53-55(56)46-27-13-15-29-48(46)58(53,3)4)54-33-19-18-32-51(54)59(39-21-6-5-7-22-39)49-30-16-11-25-43(49)44-26-12-17-31-50(44)59/h5-35,37-38H,36H2,1-4H3. The summed E-state index contributed by atoms with van der Waals surface area (Å²) in [6.07, 6.45) is 10.4. The highest BCUT2D eigenvalue weighted by atomic mass is 15.2. The molecule has 5 aliphatic rings. The van der Waals surface area contributed by atoms with Crippen molar-refractivity contribution in [3.63, 3.8) is 0 Å². The summed E-state index contributed by atoms with van der Waals surface area (Å²) in [5.41, 5.74) is 23.1. The van der Waals surface area contributed by atoms with E-state index in [-0.39, 0.29) is 16.7 Å². The van der Waals surface area contributed by atoms with Crippen LogP contribution < -0.4 is 4.90 Å². The molecule has 0 amide bonds. The lowest BCUT2D eigenvalue weighted by atomic mass is 9.67. The van der Waals surface area contributed by atoms with E-state index in [1.807, 2.05) is 0 Å². The predicted octanol–water partition coefficient (Wildman–Crippen LogP) is 14.6. The molecule has 0 spiro atoms. The Labute approximate surface area is 354 Å². The third-order valence-electron chi connectivity index (χ3n) is 14.7. The smallest absolute Gasteiger partial charge is 0.0733 e. The molecule has 60 heavy (non-hydrogen) atoms. The maximum absolute atomic E-state index is 2.70. The van der Waals surface area contributed by atoms with Crippen LogP contribution in [-0.2, 0) is 16.2 Å². The molecule has 288 valence electrons. The summed E-state index contributed by atoms with van der Waals surface area (Å²) in [4.78, 5) is 2.70. The molecule has 0 N–H and O–H groups in total. The van der Waals surface area contributed by atoms with Gasteiger partial charge in [0.05, 0.1) is 16.8 Å². The number of benzene rings is 7. The monoisotopic (exact) mass is 769 g/mol. The minimum absolute atomic E-state index is 0.112. The average molecular weight is 770 g/mol. The quantitative estimate of drug-likeness (QED) is 0.169. The Kier molecular flexibility index (Phi) is 7.44. The lowest BCUT2D eigenvalue weighted by Gasteiger charge is -2.42. The molecule has 1 unspecified atom stereocenters. The Hall–Kier alpha value is -6.70. The van der Waals surface area contributed by atoms with Crippen molar-refractivity contribution < 1.29 is 0 Å². The van der Waals surface area contributed by atoms with Gasteiger partial charge in [0.1, 0.15) is 0 Å². The largest absolute Gasteiger partial charge is 0.309 e. The van der Waals surface area contributed by atoms with Crippen molar-refractivity contribution >= 4 is 16.9 Å². The van der Waals surface area contributed by atoms with Crippen molar-refractivity contribution in [2.45, 2.75) is 50.4 Å². The van der Waals surface area contributed by atoms with Crippen LogP contribution in [0.5, 0.6) is 0 Å². The molecule has 1 heteroatoms. The van der Waals surface area contributed by atoms with Crippen LogP contribution in [0.15, 0.2) is 211 Å². The average Bonchev–Trinajstić information content (AvgIpc) is 3.81. The molecule has 7 aromatic rings. The molecule has 0 saturated heterocycles. The summed E-state index contributed by atoms with van der Waals surface area (Å²) in [5.74, 6) is 0.262. The Balaban J connectivity index is 1.22. The third-order valence-corrected chi connectivity index (χ3v) is 14.7. The van der Waals surface area contributed by atoms with Crippen LogP contribution in [0.1, 0.15) is 78.6 Å². The molecule has 0 radical (unpaired) electrons. The molecule has 0 bridgehead atoms. The number of para-hydroxylation sites is 1. The Morgan fingerprint density at radius 2 is 1.00 bits per heavy atom. The second kappa shape index (κ2) is 12.7. The van der Waals surface area contributed by atoms with E-state index in [2.05, 4.69) is 227 Å². The fraction of sp³-hybridized carbons (Fsp3) is 0.153. The Bertz CT molecular complexity index is 3030. The van der Waals surface area contributed by atoms with Gasteiger partial charge in [-0.1, -0.05) is 204 Å². The molecule has 0 saturated carbocycles. The first-order valence-electron chi connectivity index (χ1n) is 21.6. The number of allylic oxidation sites excluding steroid dienone is 7. The number of rotatable bonds is 5. The van der Waals surface area contributed by atoms with Crippen LogP contribution >= 0.6 is 0 Å². The number of fused-ring (bicyclic) bond motifs is 9. The van der Waals surface area contributed by atoms with Gasteiger partial charge in [-0.25, -0.2) is 0 Å². The summed E-state index contributed by atoms with van der Waals surface area (Å²) in [6.45, 7) is 9.70. The zero-order valence-corrected chi connectivity index (χ0v) is 34.7. The van der Waals surface area contributed by atoms with E-state index in [9.17, 15) is 0 Å². The molecule has 5 aliphatic carbocycles. The number of anilines is 2. The predicted molar refractivity (Wildman–Crippen MR) is 250 cm³/mol. The molecular formula is C59H47N. The zero-order chi connectivity index (χ0) is 40.4. The second-order valence-corrected chi connectivity index (χ2v) is 18.3. The maximum Gasteiger partial charge on any atom is 0.0733 e. The maximum atomic E-state index is 2.70. The highest BCUT2D eigenvalue weighted by Crippen LogP contribution is 2.62. The molecule has 0 heterocycles. The van der Waals surface area contributed by atoms with E-state index in [4.69, 9.17) is 0 Å². The van der Waals surface area contributed by atoms with Gasteiger partial charge in [-0.05, 0) is 103 Å². The van der Waals surface area contributed by atoms with E-state index < -0.39 is 5.41 Å². The van der Waals surface area contributed by atoms with Gasteiger partial charge in [0.25, 0.3) is 0 Å². The molecular weight excluding hydrogens is 723 g/mol. The number of nitrogens with zero attached hydrogens (tertiary/aromatic N) is 1. The lowest BCUT2D eigenvalue weighted by Crippen LogP contribution is -2.33. The normalized spacial score (nSPS) is 18.9. The third kappa shape index (κ3) is 4.58. The zero-order valence-electron chi connectivity index (χ0n) is 34.7. The first kappa shape index (κ1) is 35.3. The molecule has 12 rings (SSSR count). The Morgan fingerprint density at radius 1 is 0.467 bits per heavy atom. The van der Waals surface area contributed by atoms with Gasteiger partial charge in [-0.15, -0.1) is 0 Å². The lowest BCUT2D eigenvalue weighted by molar-refractivity contribution is 0.573. The Morgan fingerprint density at radius 3 is 1.68 bits per heavy atom. The van der Waals surface area contributed by atoms with Gasteiger partial charge in [0.2, 0.25) is 0 Å². The second-order valence-electron chi connectivity index (χ2n) is 18.3. The molecule has 1 nitrogen and oxygen atoms in total. The van der Waals surface area contributed by atoms with E-state index >= 15 is 0 Å². The van der Waals surface area contributed by atoms with Gasteiger partial charge < -0.3 is 4.90 Å². The SMILES string of the molecule is CC1(C)C2=C(C(N(c3ccc4c(c3)C(C)(C)c3ccccc3-4)c3ccccc3C3(c4ccccc4)c4ccccc4-c4ccccc43)=C3C=CC=CC3C2)c2ccccc21.